The van der Waals surface area contributed by atoms with Gasteiger partial charge in [0.15, 0.2) is 0 Å². The van der Waals surface area contributed by atoms with Crippen molar-refractivity contribution < 1.29 is 4.79 Å². The van der Waals surface area contributed by atoms with Gasteiger partial charge in [-0.05, 0) is 31.2 Å². The maximum absolute atomic E-state index is 11.4. The maximum atomic E-state index is 11.4. The van der Waals surface area contributed by atoms with Gasteiger partial charge in [0.2, 0.25) is 5.91 Å². The molecule has 1 atom stereocenters. The van der Waals surface area contributed by atoms with Crippen molar-refractivity contribution in [3.63, 3.8) is 0 Å². The predicted molar refractivity (Wildman–Crippen MR) is 70.6 cm³/mol. The highest BCUT2D eigenvalue weighted by Gasteiger charge is 2.16. The van der Waals surface area contributed by atoms with E-state index >= 15 is 0 Å². The molecule has 94 valence electrons. The Bertz CT molecular complexity index is 379. The quantitative estimate of drug-likeness (QED) is 0.758. The van der Waals surface area contributed by atoms with E-state index in [2.05, 4.69) is 17.1 Å². The number of rotatable bonds is 5. The Balaban J connectivity index is 2.78. The number of nitrogens with two attached hydrogens (primary N) is 1. The molecule has 1 aromatic rings. The molecule has 0 aliphatic carbocycles. The van der Waals surface area contributed by atoms with Crippen LogP contribution in [0.25, 0.3) is 0 Å². The van der Waals surface area contributed by atoms with Crippen LogP contribution >= 0.6 is 0 Å². The van der Waals surface area contributed by atoms with Crippen LogP contribution in [0.3, 0.4) is 0 Å². The third-order valence-electron chi connectivity index (χ3n) is 2.97. The van der Waals surface area contributed by atoms with Gasteiger partial charge in [0.25, 0.3) is 0 Å². The van der Waals surface area contributed by atoms with Crippen LogP contribution in [0.15, 0.2) is 24.3 Å². The number of carbonyl (C=O) groups is 1. The number of nitrogens with zero attached hydrogens (tertiary/aromatic N) is 1. The standard InChI is InChI=1S/C13H21N3O/c1-4-16(9-13(17)15-3)10(2)11-6-5-7-12(14)8-11/h5-8,10H,4,9,14H2,1-3H3,(H,15,17). The highest BCUT2D eigenvalue weighted by molar-refractivity contribution is 5.77. The van der Waals surface area contributed by atoms with Crippen LogP contribution in [0.4, 0.5) is 5.69 Å². The number of carbonyl (C=O) groups excluding carboxylic acids is 1. The smallest absolute Gasteiger partial charge is 0.233 e. The summed E-state index contributed by atoms with van der Waals surface area (Å²) in [6, 6.07) is 7.98. The van der Waals surface area contributed by atoms with Crippen LogP contribution < -0.4 is 11.1 Å². The molecule has 0 saturated heterocycles. The first-order chi connectivity index (χ1) is 8.08. The van der Waals surface area contributed by atoms with Crippen LogP contribution in [0.1, 0.15) is 25.5 Å². The molecule has 0 radical (unpaired) electrons. The average Bonchev–Trinajstić information content (AvgIpc) is 2.34. The monoisotopic (exact) mass is 235 g/mol. The molecule has 4 heteroatoms. The minimum atomic E-state index is 0.0302. The molecule has 0 spiro atoms. The van der Waals surface area contributed by atoms with Crippen LogP contribution in [0.2, 0.25) is 0 Å². The summed E-state index contributed by atoms with van der Waals surface area (Å²) in [5.74, 6) is 0.0302. The van der Waals surface area contributed by atoms with Gasteiger partial charge < -0.3 is 11.1 Å². The number of amides is 1. The lowest BCUT2D eigenvalue weighted by molar-refractivity contribution is -0.122. The van der Waals surface area contributed by atoms with E-state index in [1.54, 1.807) is 7.05 Å². The Morgan fingerprint density at radius 2 is 2.24 bits per heavy atom. The summed E-state index contributed by atoms with van der Waals surface area (Å²) < 4.78 is 0. The largest absolute Gasteiger partial charge is 0.399 e. The third kappa shape index (κ3) is 3.75. The summed E-state index contributed by atoms with van der Waals surface area (Å²) in [5.41, 5.74) is 7.66. The zero-order chi connectivity index (χ0) is 12.8. The van der Waals surface area contributed by atoms with E-state index in [9.17, 15) is 4.79 Å². The fourth-order valence-electron chi connectivity index (χ4n) is 1.82. The van der Waals surface area contributed by atoms with E-state index in [4.69, 9.17) is 5.73 Å². The number of nitrogens with one attached hydrogen (secondary N) is 1. The molecule has 1 unspecified atom stereocenters. The van der Waals surface area contributed by atoms with E-state index in [-0.39, 0.29) is 11.9 Å². The van der Waals surface area contributed by atoms with Crippen molar-refractivity contribution in [1.29, 1.82) is 0 Å². The molecular formula is C13H21N3O. The first-order valence-electron chi connectivity index (χ1n) is 5.88. The predicted octanol–water partition coefficient (Wildman–Crippen LogP) is 1.40. The molecule has 0 aliphatic rings. The SMILES string of the molecule is CCN(CC(=O)NC)C(C)c1cccc(N)c1. The van der Waals surface area contributed by atoms with Gasteiger partial charge in [-0.3, -0.25) is 9.69 Å². The summed E-state index contributed by atoms with van der Waals surface area (Å²) in [6.45, 7) is 5.36. The minimum Gasteiger partial charge on any atom is -0.399 e. The number of nitrogen functional groups attached to an aromatic ring is 1. The highest BCUT2D eigenvalue weighted by Crippen LogP contribution is 2.21. The normalized spacial score (nSPS) is 12.5. The van der Waals surface area contributed by atoms with Crippen LogP contribution in [0, 0.1) is 0 Å². The van der Waals surface area contributed by atoms with E-state index < -0.39 is 0 Å². The number of likely N-dealkylation sites (N-methyl/N-ethyl adjacent to an activating group) is 2. The average molecular weight is 235 g/mol. The lowest BCUT2D eigenvalue weighted by atomic mass is 10.1. The third-order valence-corrected chi connectivity index (χ3v) is 2.97. The molecule has 1 amide bonds. The van der Waals surface area contributed by atoms with Crippen molar-refractivity contribution in [2.24, 2.45) is 0 Å². The Morgan fingerprint density at radius 1 is 1.53 bits per heavy atom. The molecule has 3 N–H and O–H groups in total. The molecule has 0 fully saturated rings. The summed E-state index contributed by atoms with van der Waals surface area (Å²) in [5, 5.41) is 2.64. The van der Waals surface area contributed by atoms with Crippen molar-refractivity contribution in [3.8, 4) is 0 Å². The Labute approximate surface area is 103 Å². The second-order valence-corrected chi connectivity index (χ2v) is 4.08. The lowest BCUT2D eigenvalue weighted by Crippen LogP contribution is -2.37. The second kappa shape index (κ2) is 6.25. The van der Waals surface area contributed by atoms with Gasteiger partial charge in [-0.2, -0.15) is 0 Å². The van der Waals surface area contributed by atoms with Gasteiger partial charge in [0.1, 0.15) is 0 Å². The number of hydrogen-bond donors (Lipinski definition) is 2. The van der Waals surface area contributed by atoms with Crippen molar-refractivity contribution in [2.45, 2.75) is 19.9 Å². The molecule has 17 heavy (non-hydrogen) atoms. The molecule has 4 nitrogen and oxygen atoms in total. The summed E-state index contributed by atoms with van der Waals surface area (Å²) in [6.07, 6.45) is 0. The molecule has 1 rings (SSSR count). The summed E-state index contributed by atoms with van der Waals surface area (Å²) in [4.78, 5) is 13.5. The minimum absolute atomic E-state index is 0.0302. The number of hydrogen-bond acceptors (Lipinski definition) is 3. The first kappa shape index (κ1) is 13.5. The summed E-state index contributed by atoms with van der Waals surface area (Å²) in [7, 11) is 1.65. The van der Waals surface area contributed by atoms with E-state index in [0.717, 1.165) is 17.8 Å². The maximum Gasteiger partial charge on any atom is 0.233 e. The Hall–Kier alpha value is -1.55. The van der Waals surface area contributed by atoms with E-state index in [1.807, 2.05) is 31.2 Å². The molecule has 1 aromatic carbocycles. The van der Waals surface area contributed by atoms with Gasteiger partial charge in [-0.1, -0.05) is 19.1 Å². The molecular weight excluding hydrogens is 214 g/mol. The lowest BCUT2D eigenvalue weighted by Gasteiger charge is -2.27. The summed E-state index contributed by atoms with van der Waals surface area (Å²) >= 11 is 0. The topological polar surface area (TPSA) is 58.4 Å². The molecule has 0 heterocycles. The number of benzene rings is 1. The molecule has 0 aliphatic heterocycles. The zero-order valence-electron chi connectivity index (χ0n) is 10.7. The number of anilines is 1. The van der Waals surface area contributed by atoms with E-state index in [1.165, 1.54) is 0 Å². The van der Waals surface area contributed by atoms with Crippen LogP contribution in [-0.4, -0.2) is 30.9 Å². The van der Waals surface area contributed by atoms with Crippen molar-refractivity contribution in [1.82, 2.24) is 10.2 Å². The Kier molecular flexibility index (Phi) is 4.97. The van der Waals surface area contributed by atoms with Crippen LogP contribution in [0.5, 0.6) is 0 Å². The Morgan fingerprint density at radius 3 is 2.76 bits per heavy atom. The van der Waals surface area contributed by atoms with Gasteiger partial charge in [-0.15, -0.1) is 0 Å². The van der Waals surface area contributed by atoms with Crippen molar-refractivity contribution in [3.05, 3.63) is 29.8 Å². The zero-order valence-corrected chi connectivity index (χ0v) is 10.7. The van der Waals surface area contributed by atoms with Crippen molar-refractivity contribution >= 4 is 11.6 Å². The fourth-order valence-corrected chi connectivity index (χ4v) is 1.82. The molecule has 0 bridgehead atoms. The fraction of sp³-hybridized carbons (Fsp3) is 0.462. The van der Waals surface area contributed by atoms with Gasteiger partial charge in [0, 0.05) is 18.8 Å². The van der Waals surface area contributed by atoms with Crippen LogP contribution in [-0.2, 0) is 4.79 Å². The van der Waals surface area contributed by atoms with Gasteiger partial charge in [0.05, 0.1) is 6.54 Å². The molecule has 0 saturated carbocycles. The highest BCUT2D eigenvalue weighted by atomic mass is 16.1. The van der Waals surface area contributed by atoms with Gasteiger partial charge >= 0.3 is 0 Å². The molecule has 0 aromatic heterocycles. The van der Waals surface area contributed by atoms with E-state index in [0.29, 0.717) is 6.54 Å². The van der Waals surface area contributed by atoms with Gasteiger partial charge in [-0.25, -0.2) is 0 Å². The van der Waals surface area contributed by atoms with Crippen molar-refractivity contribution in [2.75, 3.05) is 25.9 Å². The first-order valence-corrected chi connectivity index (χ1v) is 5.88. The second-order valence-electron chi connectivity index (χ2n) is 4.08.